The van der Waals surface area contributed by atoms with E-state index in [1.54, 1.807) is 4.90 Å². The molecule has 2 heterocycles. The molecule has 3 rings (SSSR count). The van der Waals surface area contributed by atoms with E-state index in [1.165, 1.54) is 16.4 Å². The van der Waals surface area contributed by atoms with Crippen LogP contribution in [-0.2, 0) is 19.6 Å². The van der Waals surface area contributed by atoms with E-state index in [0.29, 0.717) is 39.1 Å². The van der Waals surface area contributed by atoms with Crippen LogP contribution < -0.4 is 0 Å². The van der Waals surface area contributed by atoms with E-state index in [2.05, 4.69) is 0 Å². The van der Waals surface area contributed by atoms with Gasteiger partial charge in [-0.25, -0.2) is 12.8 Å². The highest BCUT2D eigenvalue weighted by atomic mass is 32.2. The summed E-state index contributed by atoms with van der Waals surface area (Å²) in [5.74, 6) is -0.824. The van der Waals surface area contributed by atoms with E-state index in [1.807, 2.05) is 6.92 Å². The van der Waals surface area contributed by atoms with Crippen molar-refractivity contribution in [2.24, 2.45) is 5.92 Å². The van der Waals surface area contributed by atoms with Gasteiger partial charge < -0.3 is 9.64 Å². The van der Waals surface area contributed by atoms with E-state index < -0.39 is 15.8 Å². The molecule has 0 radical (unpaired) electrons. The lowest BCUT2D eigenvalue weighted by Gasteiger charge is -2.37. The summed E-state index contributed by atoms with van der Waals surface area (Å²) in [5.41, 5.74) is 0. The highest BCUT2D eigenvalue weighted by Crippen LogP contribution is 2.25. The number of hydrogen-bond acceptors (Lipinski definition) is 4. The Kier molecular flexibility index (Phi) is 5.41. The molecule has 25 heavy (non-hydrogen) atoms. The molecule has 2 aliphatic heterocycles. The van der Waals surface area contributed by atoms with Crippen molar-refractivity contribution < 1.29 is 22.3 Å². The van der Waals surface area contributed by atoms with Crippen LogP contribution in [0.4, 0.5) is 4.39 Å². The Bertz CT molecular complexity index is 723. The predicted molar refractivity (Wildman–Crippen MR) is 89.9 cm³/mol. The summed E-state index contributed by atoms with van der Waals surface area (Å²) in [6, 6.07) is 4.79. The fourth-order valence-electron chi connectivity index (χ4n) is 3.39. The average molecular weight is 370 g/mol. The molecular formula is C17H23FN2O4S. The van der Waals surface area contributed by atoms with Gasteiger partial charge in [0.05, 0.1) is 23.5 Å². The molecule has 1 aromatic rings. The average Bonchev–Trinajstić information content (AvgIpc) is 2.61. The van der Waals surface area contributed by atoms with Gasteiger partial charge in [0.2, 0.25) is 15.9 Å². The highest BCUT2D eigenvalue weighted by Gasteiger charge is 2.36. The summed E-state index contributed by atoms with van der Waals surface area (Å²) in [4.78, 5) is 14.6. The fourth-order valence-corrected chi connectivity index (χ4v) is 4.92. The number of nitrogens with zero attached hydrogens (tertiary/aromatic N) is 2. The molecule has 0 aromatic heterocycles. The maximum atomic E-state index is 13.1. The Morgan fingerprint density at radius 1 is 1.20 bits per heavy atom. The maximum Gasteiger partial charge on any atom is 0.243 e. The third-order valence-electron chi connectivity index (χ3n) is 4.74. The van der Waals surface area contributed by atoms with Crippen LogP contribution >= 0.6 is 0 Å². The summed E-state index contributed by atoms with van der Waals surface area (Å²) in [5, 5.41) is 0. The second-order valence-electron chi connectivity index (χ2n) is 6.62. The van der Waals surface area contributed by atoms with Gasteiger partial charge in [0.1, 0.15) is 5.82 Å². The Hall–Kier alpha value is -1.51. The van der Waals surface area contributed by atoms with Gasteiger partial charge in [-0.3, -0.25) is 4.79 Å². The first-order valence-electron chi connectivity index (χ1n) is 8.54. The first-order chi connectivity index (χ1) is 11.9. The first-order valence-corrected chi connectivity index (χ1v) is 9.98. The van der Waals surface area contributed by atoms with Crippen molar-refractivity contribution in [2.75, 3.05) is 32.8 Å². The molecule has 138 valence electrons. The number of ether oxygens (including phenoxy) is 1. The molecule has 0 saturated carbocycles. The van der Waals surface area contributed by atoms with Gasteiger partial charge in [-0.2, -0.15) is 4.31 Å². The van der Waals surface area contributed by atoms with Gasteiger partial charge in [-0.15, -0.1) is 0 Å². The molecule has 2 unspecified atom stereocenters. The standard InChI is InChI=1S/C17H23FN2O4S/c1-13-11-19(9-10-24-13)17(21)14-3-2-8-20(12-14)25(22,23)16-6-4-15(18)5-7-16/h4-7,13-14H,2-3,8-12H2,1H3. The van der Waals surface area contributed by atoms with E-state index in [-0.39, 0.29) is 29.4 Å². The number of morpholine rings is 1. The van der Waals surface area contributed by atoms with Gasteiger partial charge in [-0.1, -0.05) is 0 Å². The SMILES string of the molecule is CC1CN(C(=O)C2CCCN(S(=O)(=O)c3ccc(F)cc3)C2)CCO1. The van der Waals surface area contributed by atoms with Crippen LogP contribution in [0, 0.1) is 11.7 Å². The second kappa shape index (κ2) is 7.39. The van der Waals surface area contributed by atoms with Crippen LogP contribution in [0.25, 0.3) is 0 Å². The zero-order valence-electron chi connectivity index (χ0n) is 14.2. The zero-order chi connectivity index (χ0) is 18.0. The minimum Gasteiger partial charge on any atom is -0.375 e. The number of amides is 1. The topological polar surface area (TPSA) is 66.9 Å². The molecule has 8 heteroatoms. The lowest BCUT2D eigenvalue weighted by atomic mass is 9.97. The molecule has 1 amide bonds. The van der Waals surface area contributed by atoms with Crippen molar-refractivity contribution in [3.05, 3.63) is 30.1 Å². The van der Waals surface area contributed by atoms with Crippen molar-refractivity contribution in [3.63, 3.8) is 0 Å². The molecule has 0 spiro atoms. The van der Waals surface area contributed by atoms with Crippen molar-refractivity contribution in [3.8, 4) is 0 Å². The second-order valence-corrected chi connectivity index (χ2v) is 8.56. The number of benzene rings is 1. The van der Waals surface area contributed by atoms with Gasteiger partial charge in [0.15, 0.2) is 0 Å². The van der Waals surface area contributed by atoms with E-state index in [0.717, 1.165) is 12.1 Å². The van der Waals surface area contributed by atoms with Crippen LogP contribution in [0.5, 0.6) is 0 Å². The molecule has 1 aromatic carbocycles. The number of piperidine rings is 1. The maximum absolute atomic E-state index is 13.1. The van der Waals surface area contributed by atoms with Crippen LogP contribution in [0.3, 0.4) is 0 Å². The van der Waals surface area contributed by atoms with E-state index >= 15 is 0 Å². The molecular weight excluding hydrogens is 347 g/mol. The molecule has 0 aliphatic carbocycles. The predicted octanol–water partition coefficient (Wildman–Crippen LogP) is 1.47. The summed E-state index contributed by atoms with van der Waals surface area (Å²) in [6.07, 6.45) is 1.32. The van der Waals surface area contributed by atoms with Gasteiger partial charge in [-0.05, 0) is 44.0 Å². The molecule has 0 N–H and O–H groups in total. The van der Waals surface area contributed by atoms with Crippen LogP contribution in [0.1, 0.15) is 19.8 Å². The molecule has 2 atom stereocenters. The monoisotopic (exact) mass is 370 g/mol. The summed E-state index contributed by atoms with van der Waals surface area (Å²) in [7, 11) is -3.72. The number of hydrogen-bond donors (Lipinski definition) is 0. The molecule has 2 fully saturated rings. The Morgan fingerprint density at radius 2 is 1.92 bits per heavy atom. The quantitative estimate of drug-likeness (QED) is 0.808. The fraction of sp³-hybridized carbons (Fsp3) is 0.588. The van der Waals surface area contributed by atoms with Gasteiger partial charge in [0.25, 0.3) is 0 Å². The largest absolute Gasteiger partial charge is 0.375 e. The number of carbonyl (C=O) groups is 1. The highest BCUT2D eigenvalue weighted by molar-refractivity contribution is 7.89. The van der Waals surface area contributed by atoms with Crippen molar-refractivity contribution in [1.82, 2.24) is 9.21 Å². The van der Waals surface area contributed by atoms with Crippen molar-refractivity contribution >= 4 is 15.9 Å². The number of carbonyl (C=O) groups excluding carboxylic acids is 1. The summed E-state index contributed by atoms with van der Waals surface area (Å²) in [6.45, 7) is 4.07. The molecule has 2 aliphatic rings. The van der Waals surface area contributed by atoms with Crippen LogP contribution in [0.15, 0.2) is 29.2 Å². The lowest BCUT2D eigenvalue weighted by Crippen LogP contribution is -2.51. The smallest absolute Gasteiger partial charge is 0.243 e. The van der Waals surface area contributed by atoms with E-state index in [9.17, 15) is 17.6 Å². The number of sulfonamides is 1. The minimum atomic E-state index is -3.72. The first kappa shape index (κ1) is 18.3. The number of rotatable bonds is 3. The van der Waals surface area contributed by atoms with Gasteiger partial charge >= 0.3 is 0 Å². The zero-order valence-corrected chi connectivity index (χ0v) is 15.0. The molecule has 6 nitrogen and oxygen atoms in total. The van der Waals surface area contributed by atoms with Crippen LogP contribution in [0.2, 0.25) is 0 Å². The summed E-state index contributed by atoms with van der Waals surface area (Å²) >= 11 is 0. The third-order valence-corrected chi connectivity index (χ3v) is 6.62. The Balaban J connectivity index is 1.72. The summed E-state index contributed by atoms with van der Waals surface area (Å²) < 4.78 is 45.4. The minimum absolute atomic E-state index is 0.000316. The molecule has 0 bridgehead atoms. The molecule has 2 saturated heterocycles. The Morgan fingerprint density at radius 3 is 2.60 bits per heavy atom. The lowest BCUT2D eigenvalue weighted by molar-refractivity contribution is -0.143. The number of halogens is 1. The third kappa shape index (κ3) is 4.02. The van der Waals surface area contributed by atoms with Crippen molar-refractivity contribution in [1.29, 1.82) is 0 Å². The van der Waals surface area contributed by atoms with Gasteiger partial charge in [0, 0.05) is 26.2 Å². The Labute approximate surface area is 147 Å². The van der Waals surface area contributed by atoms with E-state index in [4.69, 9.17) is 4.74 Å². The van der Waals surface area contributed by atoms with Crippen LogP contribution in [-0.4, -0.2) is 62.4 Å². The normalized spacial score (nSPS) is 25.8. The van der Waals surface area contributed by atoms with Crippen molar-refractivity contribution in [2.45, 2.75) is 30.8 Å².